The monoisotopic (exact) mass is 219 g/mol. The van der Waals surface area contributed by atoms with Crippen LogP contribution in [0.25, 0.3) is 0 Å². The molecule has 82 valence electrons. The predicted octanol–water partition coefficient (Wildman–Crippen LogP) is 2.20. The summed E-state index contributed by atoms with van der Waals surface area (Å²) in [5.41, 5.74) is -0.00477. The van der Waals surface area contributed by atoms with Crippen molar-refractivity contribution in [3.63, 3.8) is 0 Å². The highest BCUT2D eigenvalue weighted by atomic mass is 19.1. The summed E-state index contributed by atoms with van der Waals surface area (Å²) in [7, 11) is 0. The van der Waals surface area contributed by atoms with Crippen molar-refractivity contribution in [1.82, 2.24) is 0 Å². The van der Waals surface area contributed by atoms with Crippen LogP contribution in [0.5, 0.6) is 5.75 Å². The Kier molecular flexibility index (Phi) is 2.86. The molecule has 1 unspecified atom stereocenters. The second-order valence-corrected chi connectivity index (χ2v) is 3.77. The van der Waals surface area contributed by atoms with E-state index in [1.165, 1.54) is 12.1 Å². The van der Waals surface area contributed by atoms with Gasteiger partial charge in [-0.3, -0.25) is 4.79 Å². The molecule has 0 radical (unpaired) electrons. The summed E-state index contributed by atoms with van der Waals surface area (Å²) in [4.78, 5) is 11.0. The number of nitrogens with zero attached hydrogens (tertiary/aromatic N) is 1. The lowest BCUT2D eigenvalue weighted by Gasteiger charge is -2.12. The van der Waals surface area contributed by atoms with Crippen molar-refractivity contribution in [3.8, 4) is 11.8 Å². The Labute approximate surface area is 92.4 Å². The maximum absolute atomic E-state index is 13.2. The fourth-order valence-electron chi connectivity index (χ4n) is 1.73. The van der Waals surface area contributed by atoms with Gasteiger partial charge in [-0.05, 0) is 18.6 Å². The Hall–Kier alpha value is -1.89. The van der Waals surface area contributed by atoms with Crippen molar-refractivity contribution in [2.45, 2.75) is 25.4 Å². The summed E-state index contributed by atoms with van der Waals surface area (Å²) in [5.74, 6) is -0.0420. The van der Waals surface area contributed by atoms with E-state index >= 15 is 0 Å². The second-order valence-electron chi connectivity index (χ2n) is 3.77. The third kappa shape index (κ3) is 2.19. The second kappa shape index (κ2) is 4.31. The van der Waals surface area contributed by atoms with Gasteiger partial charge in [0.05, 0.1) is 5.56 Å². The lowest BCUT2D eigenvalue weighted by Crippen LogP contribution is -2.12. The van der Waals surface area contributed by atoms with Crippen LogP contribution in [0.1, 0.15) is 24.8 Å². The first kappa shape index (κ1) is 10.6. The molecule has 1 saturated carbocycles. The van der Waals surface area contributed by atoms with Crippen molar-refractivity contribution >= 4 is 5.78 Å². The minimum atomic E-state index is -0.593. The van der Waals surface area contributed by atoms with Crippen LogP contribution >= 0.6 is 0 Å². The van der Waals surface area contributed by atoms with Crippen molar-refractivity contribution in [1.29, 1.82) is 5.26 Å². The minimum absolute atomic E-state index is 0.00477. The minimum Gasteiger partial charge on any atom is -0.490 e. The number of rotatable bonds is 2. The third-order valence-corrected chi connectivity index (χ3v) is 2.56. The van der Waals surface area contributed by atoms with E-state index in [0.29, 0.717) is 25.0 Å². The number of ether oxygens (including phenoxy) is 1. The maximum Gasteiger partial charge on any atom is 0.144 e. The van der Waals surface area contributed by atoms with E-state index < -0.39 is 5.82 Å². The van der Waals surface area contributed by atoms with Crippen LogP contribution in [0.4, 0.5) is 4.39 Å². The number of carbonyl (C=O) groups excluding carboxylic acids is 1. The van der Waals surface area contributed by atoms with Gasteiger partial charge < -0.3 is 4.74 Å². The smallest absolute Gasteiger partial charge is 0.144 e. The molecule has 3 nitrogen and oxygen atoms in total. The molecule has 0 amide bonds. The Morgan fingerprint density at radius 2 is 2.31 bits per heavy atom. The van der Waals surface area contributed by atoms with Gasteiger partial charge in [-0.1, -0.05) is 0 Å². The fraction of sp³-hybridized carbons (Fsp3) is 0.333. The van der Waals surface area contributed by atoms with Gasteiger partial charge >= 0.3 is 0 Å². The first-order valence-electron chi connectivity index (χ1n) is 5.07. The lowest BCUT2D eigenvalue weighted by atomic mass is 10.2. The molecule has 2 rings (SSSR count). The Morgan fingerprint density at radius 1 is 1.50 bits per heavy atom. The molecule has 0 N–H and O–H groups in total. The average molecular weight is 219 g/mol. The first-order chi connectivity index (χ1) is 7.69. The van der Waals surface area contributed by atoms with Gasteiger partial charge in [0.2, 0.25) is 0 Å². The number of nitriles is 1. The van der Waals surface area contributed by atoms with E-state index in [1.807, 2.05) is 0 Å². The summed E-state index contributed by atoms with van der Waals surface area (Å²) in [6.07, 6.45) is 1.45. The van der Waals surface area contributed by atoms with Crippen LogP contribution in [-0.4, -0.2) is 11.9 Å². The highest BCUT2D eigenvalue weighted by molar-refractivity contribution is 5.81. The van der Waals surface area contributed by atoms with Crippen LogP contribution in [0.3, 0.4) is 0 Å². The van der Waals surface area contributed by atoms with E-state index in [1.54, 1.807) is 12.1 Å². The van der Waals surface area contributed by atoms with E-state index in [2.05, 4.69) is 0 Å². The topological polar surface area (TPSA) is 50.1 Å². The Bertz CT molecular complexity index is 465. The third-order valence-electron chi connectivity index (χ3n) is 2.56. The first-order valence-corrected chi connectivity index (χ1v) is 5.07. The molecule has 16 heavy (non-hydrogen) atoms. The van der Waals surface area contributed by atoms with Gasteiger partial charge in [0, 0.05) is 18.9 Å². The standard InChI is InChI=1S/C12H10FNO2/c13-12-6-11(3-1-8(12)7-14)16-10-4-2-9(15)5-10/h1,3,6,10H,2,4-5H2. The number of hydrogen-bond donors (Lipinski definition) is 0. The molecule has 1 atom stereocenters. The molecule has 4 heteroatoms. The predicted molar refractivity (Wildman–Crippen MR) is 54.4 cm³/mol. The Balaban J connectivity index is 2.08. The van der Waals surface area contributed by atoms with Crippen molar-refractivity contribution in [2.75, 3.05) is 0 Å². The van der Waals surface area contributed by atoms with E-state index in [9.17, 15) is 9.18 Å². The number of benzene rings is 1. The van der Waals surface area contributed by atoms with Gasteiger partial charge in [0.1, 0.15) is 29.5 Å². The summed E-state index contributed by atoms with van der Waals surface area (Å²) in [5, 5.41) is 8.55. The molecule has 0 heterocycles. The van der Waals surface area contributed by atoms with E-state index in [4.69, 9.17) is 10.00 Å². The van der Waals surface area contributed by atoms with E-state index in [0.717, 1.165) is 0 Å². The number of Topliss-reactive ketones (excluding diaryl/α,β-unsaturated/α-hetero) is 1. The van der Waals surface area contributed by atoms with Gasteiger partial charge in [0.15, 0.2) is 0 Å². The number of ketones is 1. The molecule has 0 spiro atoms. The zero-order chi connectivity index (χ0) is 11.5. The molecule has 0 aliphatic heterocycles. The largest absolute Gasteiger partial charge is 0.490 e. The molecular formula is C12H10FNO2. The van der Waals surface area contributed by atoms with Crippen LogP contribution in [0, 0.1) is 17.1 Å². The molecule has 1 aliphatic rings. The molecular weight excluding hydrogens is 209 g/mol. The quantitative estimate of drug-likeness (QED) is 0.766. The summed E-state index contributed by atoms with van der Waals surface area (Å²) < 4.78 is 18.7. The molecule has 0 aromatic heterocycles. The van der Waals surface area contributed by atoms with Gasteiger partial charge in [-0.15, -0.1) is 0 Å². The molecule has 1 aromatic rings. The highest BCUT2D eigenvalue weighted by Gasteiger charge is 2.23. The fourth-order valence-corrected chi connectivity index (χ4v) is 1.73. The highest BCUT2D eigenvalue weighted by Crippen LogP contribution is 2.23. The van der Waals surface area contributed by atoms with Crippen molar-refractivity contribution < 1.29 is 13.9 Å². The van der Waals surface area contributed by atoms with Crippen LogP contribution < -0.4 is 4.74 Å². The summed E-state index contributed by atoms with van der Waals surface area (Å²) in [6.45, 7) is 0. The molecule has 1 aliphatic carbocycles. The van der Waals surface area contributed by atoms with Gasteiger partial charge in [-0.2, -0.15) is 5.26 Å². The summed E-state index contributed by atoms with van der Waals surface area (Å²) in [6, 6.07) is 5.84. The maximum atomic E-state index is 13.2. The van der Waals surface area contributed by atoms with Crippen LogP contribution in [0.2, 0.25) is 0 Å². The van der Waals surface area contributed by atoms with Gasteiger partial charge in [0.25, 0.3) is 0 Å². The van der Waals surface area contributed by atoms with E-state index in [-0.39, 0.29) is 17.5 Å². The number of carbonyl (C=O) groups is 1. The zero-order valence-corrected chi connectivity index (χ0v) is 8.57. The number of hydrogen-bond acceptors (Lipinski definition) is 3. The van der Waals surface area contributed by atoms with Crippen LogP contribution in [-0.2, 0) is 4.79 Å². The SMILES string of the molecule is N#Cc1ccc(OC2CCC(=O)C2)cc1F. The zero-order valence-electron chi connectivity index (χ0n) is 8.57. The average Bonchev–Trinajstić information content (AvgIpc) is 2.64. The Morgan fingerprint density at radius 3 is 2.88 bits per heavy atom. The van der Waals surface area contributed by atoms with Gasteiger partial charge in [-0.25, -0.2) is 4.39 Å². The number of halogens is 1. The lowest BCUT2D eigenvalue weighted by molar-refractivity contribution is -0.117. The summed E-state index contributed by atoms with van der Waals surface area (Å²) >= 11 is 0. The normalized spacial score (nSPS) is 19.5. The molecule has 1 aromatic carbocycles. The molecule has 1 fully saturated rings. The molecule has 0 bridgehead atoms. The van der Waals surface area contributed by atoms with Crippen LogP contribution in [0.15, 0.2) is 18.2 Å². The van der Waals surface area contributed by atoms with Crippen molar-refractivity contribution in [2.24, 2.45) is 0 Å². The van der Waals surface area contributed by atoms with Crippen molar-refractivity contribution in [3.05, 3.63) is 29.6 Å². The molecule has 0 saturated heterocycles.